The summed E-state index contributed by atoms with van der Waals surface area (Å²) in [6.45, 7) is 6.31. The van der Waals surface area contributed by atoms with Gasteiger partial charge in [-0.25, -0.2) is 0 Å². The van der Waals surface area contributed by atoms with E-state index in [4.69, 9.17) is 0 Å². The van der Waals surface area contributed by atoms with Crippen molar-refractivity contribution in [2.75, 3.05) is 18.0 Å². The molecule has 4 nitrogen and oxygen atoms in total. The Kier molecular flexibility index (Phi) is 3.21. The molecule has 0 bridgehead atoms. The van der Waals surface area contributed by atoms with Gasteiger partial charge in [-0.2, -0.15) is 5.26 Å². The van der Waals surface area contributed by atoms with E-state index < -0.39 is 0 Å². The minimum Gasteiger partial charge on any atom is -0.370 e. The molecule has 2 heterocycles. The molecule has 21 heavy (non-hydrogen) atoms. The summed E-state index contributed by atoms with van der Waals surface area (Å²) in [7, 11) is 0. The maximum atomic E-state index is 12.2. The molecule has 0 saturated carbocycles. The highest BCUT2D eigenvalue weighted by atomic mass is 16.1. The highest BCUT2D eigenvalue weighted by molar-refractivity contribution is 5.94. The molecule has 1 aromatic carbocycles. The summed E-state index contributed by atoms with van der Waals surface area (Å²) in [5.74, 6) is 0. The third kappa shape index (κ3) is 2.40. The number of nitriles is 1. The molecule has 4 heteroatoms. The lowest BCUT2D eigenvalue weighted by Gasteiger charge is -2.38. The Morgan fingerprint density at radius 2 is 1.90 bits per heavy atom. The van der Waals surface area contributed by atoms with Crippen LogP contribution < -0.4 is 10.5 Å². The fourth-order valence-corrected chi connectivity index (χ4v) is 2.99. The molecule has 0 radical (unpaired) electrons. The van der Waals surface area contributed by atoms with Crippen molar-refractivity contribution >= 4 is 16.6 Å². The molecule has 0 amide bonds. The molecule has 3 rings (SSSR count). The van der Waals surface area contributed by atoms with E-state index in [0.29, 0.717) is 5.41 Å². The largest absolute Gasteiger partial charge is 0.370 e. The number of hydrogen-bond acceptors (Lipinski definition) is 3. The van der Waals surface area contributed by atoms with Gasteiger partial charge in [0.15, 0.2) is 0 Å². The molecule has 0 aliphatic carbocycles. The van der Waals surface area contributed by atoms with Crippen molar-refractivity contribution in [2.45, 2.75) is 26.7 Å². The maximum Gasteiger partial charge on any atom is 0.268 e. The number of benzene rings is 1. The van der Waals surface area contributed by atoms with Gasteiger partial charge in [-0.1, -0.05) is 32.0 Å². The van der Waals surface area contributed by atoms with Crippen LogP contribution in [-0.2, 0) is 0 Å². The summed E-state index contributed by atoms with van der Waals surface area (Å²) < 4.78 is 0. The molecular formula is C17H19N3O. The van der Waals surface area contributed by atoms with Crippen LogP contribution in [0.25, 0.3) is 10.9 Å². The van der Waals surface area contributed by atoms with Gasteiger partial charge in [0.25, 0.3) is 5.56 Å². The number of H-pyrrole nitrogens is 1. The van der Waals surface area contributed by atoms with Crippen LogP contribution in [0.5, 0.6) is 0 Å². The Hall–Kier alpha value is -2.28. The van der Waals surface area contributed by atoms with Crippen LogP contribution in [0.15, 0.2) is 29.1 Å². The summed E-state index contributed by atoms with van der Waals surface area (Å²) in [5, 5.41) is 10.3. The number of aromatic nitrogens is 1. The second kappa shape index (κ2) is 4.92. The van der Waals surface area contributed by atoms with Crippen LogP contribution in [0.4, 0.5) is 5.69 Å². The predicted molar refractivity (Wildman–Crippen MR) is 84.5 cm³/mol. The monoisotopic (exact) mass is 281 g/mol. The lowest BCUT2D eigenvalue weighted by atomic mass is 9.82. The van der Waals surface area contributed by atoms with Gasteiger partial charge in [-0.3, -0.25) is 4.79 Å². The number of aromatic amines is 1. The second-order valence-corrected chi connectivity index (χ2v) is 6.49. The van der Waals surface area contributed by atoms with Crippen LogP contribution in [0.1, 0.15) is 32.3 Å². The zero-order valence-electron chi connectivity index (χ0n) is 12.4. The van der Waals surface area contributed by atoms with E-state index in [0.717, 1.165) is 42.5 Å². The van der Waals surface area contributed by atoms with Gasteiger partial charge in [0, 0.05) is 18.5 Å². The molecule has 1 fully saturated rings. The molecule has 108 valence electrons. The first-order valence-corrected chi connectivity index (χ1v) is 7.32. The van der Waals surface area contributed by atoms with Crippen LogP contribution in [0.2, 0.25) is 0 Å². The zero-order chi connectivity index (χ0) is 15.0. The molecule has 0 atom stereocenters. The Morgan fingerprint density at radius 1 is 1.24 bits per heavy atom. The zero-order valence-corrected chi connectivity index (χ0v) is 12.4. The van der Waals surface area contributed by atoms with Gasteiger partial charge in [-0.15, -0.1) is 0 Å². The highest BCUT2D eigenvalue weighted by Crippen LogP contribution is 2.35. The van der Waals surface area contributed by atoms with Gasteiger partial charge in [-0.05, 0) is 24.3 Å². The summed E-state index contributed by atoms with van der Waals surface area (Å²) in [6.07, 6.45) is 2.14. The number of piperidine rings is 1. The standard InChI is InChI=1S/C17H19N3O/c1-17(2)7-9-20(10-8-17)15-12-5-3-4-6-14(12)19-16(21)13(15)11-18/h3-6H,7-10H2,1-2H3,(H,19,21). The SMILES string of the molecule is CC1(C)CCN(c2c(C#N)c(=O)[nH]c3ccccc23)CC1. The van der Waals surface area contributed by atoms with Crippen molar-refractivity contribution in [3.63, 3.8) is 0 Å². The van der Waals surface area contributed by atoms with Gasteiger partial charge in [0.2, 0.25) is 0 Å². The number of para-hydroxylation sites is 1. The van der Waals surface area contributed by atoms with Gasteiger partial charge in [0.05, 0.1) is 11.2 Å². The minimum absolute atomic E-state index is 0.230. The third-order valence-corrected chi connectivity index (χ3v) is 4.44. The van der Waals surface area contributed by atoms with Gasteiger partial charge >= 0.3 is 0 Å². The second-order valence-electron chi connectivity index (χ2n) is 6.49. The molecule has 1 N–H and O–H groups in total. The van der Waals surface area contributed by atoms with Crippen molar-refractivity contribution in [1.82, 2.24) is 4.98 Å². The first kappa shape index (κ1) is 13.7. The fraction of sp³-hybridized carbons (Fsp3) is 0.412. The smallest absolute Gasteiger partial charge is 0.268 e. The maximum absolute atomic E-state index is 12.2. The lowest BCUT2D eigenvalue weighted by Crippen LogP contribution is -2.38. The Labute approximate surface area is 124 Å². The molecule has 0 unspecified atom stereocenters. The van der Waals surface area contributed by atoms with E-state index in [1.54, 1.807) is 0 Å². The normalized spacial score (nSPS) is 17.7. The Balaban J connectivity index is 2.17. The Bertz CT molecular complexity index is 773. The van der Waals surface area contributed by atoms with Gasteiger partial charge < -0.3 is 9.88 Å². The first-order chi connectivity index (χ1) is 10.0. The summed E-state index contributed by atoms with van der Waals surface area (Å²) >= 11 is 0. The molecule has 1 aromatic heterocycles. The number of nitrogens with one attached hydrogen (secondary N) is 1. The first-order valence-electron chi connectivity index (χ1n) is 7.32. The number of anilines is 1. The summed E-state index contributed by atoms with van der Waals surface area (Å²) in [5.41, 5.74) is 1.86. The lowest BCUT2D eigenvalue weighted by molar-refractivity contribution is 0.280. The van der Waals surface area contributed by atoms with Crippen LogP contribution in [0.3, 0.4) is 0 Å². The van der Waals surface area contributed by atoms with Crippen molar-refractivity contribution in [3.05, 3.63) is 40.2 Å². The third-order valence-electron chi connectivity index (χ3n) is 4.44. The van der Waals surface area contributed by atoms with Gasteiger partial charge in [0.1, 0.15) is 11.6 Å². The van der Waals surface area contributed by atoms with E-state index in [1.165, 1.54) is 0 Å². The van der Waals surface area contributed by atoms with Crippen molar-refractivity contribution in [2.24, 2.45) is 5.41 Å². The van der Waals surface area contributed by atoms with Crippen LogP contribution in [0, 0.1) is 16.7 Å². The summed E-state index contributed by atoms with van der Waals surface area (Å²) in [6, 6.07) is 9.79. The average Bonchev–Trinajstić information content (AvgIpc) is 2.46. The highest BCUT2D eigenvalue weighted by Gasteiger charge is 2.28. The molecular weight excluding hydrogens is 262 g/mol. The Morgan fingerprint density at radius 3 is 2.57 bits per heavy atom. The van der Waals surface area contributed by atoms with Crippen molar-refractivity contribution < 1.29 is 0 Å². The number of rotatable bonds is 1. The molecule has 0 spiro atoms. The van der Waals surface area contributed by atoms with E-state index >= 15 is 0 Å². The predicted octanol–water partition coefficient (Wildman–Crippen LogP) is 3.03. The van der Waals surface area contributed by atoms with Crippen molar-refractivity contribution in [1.29, 1.82) is 5.26 Å². The van der Waals surface area contributed by atoms with Crippen LogP contribution >= 0.6 is 0 Å². The number of nitrogens with zero attached hydrogens (tertiary/aromatic N) is 2. The molecule has 1 aliphatic heterocycles. The van der Waals surface area contributed by atoms with Crippen LogP contribution in [-0.4, -0.2) is 18.1 Å². The molecule has 1 aliphatic rings. The fourth-order valence-electron chi connectivity index (χ4n) is 2.99. The van der Waals surface area contributed by atoms with E-state index in [2.05, 4.69) is 29.8 Å². The number of pyridine rings is 1. The molecule has 1 saturated heterocycles. The average molecular weight is 281 g/mol. The van der Waals surface area contributed by atoms with Crippen molar-refractivity contribution in [3.8, 4) is 6.07 Å². The number of fused-ring (bicyclic) bond motifs is 1. The topological polar surface area (TPSA) is 59.9 Å². The van der Waals surface area contributed by atoms with E-state index in [1.807, 2.05) is 24.3 Å². The summed E-state index contributed by atoms with van der Waals surface area (Å²) in [4.78, 5) is 17.1. The molecule has 2 aromatic rings. The number of hydrogen-bond donors (Lipinski definition) is 1. The minimum atomic E-state index is -0.295. The van der Waals surface area contributed by atoms with E-state index in [-0.39, 0.29) is 11.1 Å². The quantitative estimate of drug-likeness (QED) is 0.874. The van der Waals surface area contributed by atoms with E-state index in [9.17, 15) is 10.1 Å².